The summed E-state index contributed by atoms with van der Waals surface area (Å²) in [4.78, 5) is 27.5. The highest BCUT2D eigenvalue weighted by atomic mass is 19.1. The molecule has 29 heavy (non-hydrogen) atoms. The van der Waals surface area contributed by atoms with E-state index in [0.29, 0.717) is 0 Å². The highest BCUT2D eigenvalue weighted by molar-refractivity contribution is 5.88. The molecule has 2 aromatic rings. The van der Waals surface area contributed by atoms with Crippen LogP contribution in [-0.4, -0.2) is 28.3 Å². The second-order valence-electron chi connectivity index (χ2n) is 8.66. The summed E-state index contributed by atoms with van der Waals surface area (Å²) < 4.78 is 13.3. The second-order valence-corrected chi connectivity index (χ2v) is 8.66. The van der Waals surface area contributed by atoms with Crippen molar-refractivity contribution >= 4 is 11.8 Å². The molecule has 0 unspecified atom stereocenters. The third-order valence-corrected chi connectivity index (χ3v) is 4.86. The van der Waals surface area contributed by atoms with E-state index < -0.39 is 11.6 Å². The normalized spacial score (nSPS) is 12.4. The van der Waals surface area contributed by atoms with E-state index in [0.717, 1.165) is 16.7 Å². The summed E-state index contributed by atoms with van der Waals surface area (Å²) in [6.45, 7) is 11.7. The van der Waals surface area contributed by atoms with Gasteiger partial charge in [0, 0.05) is 12.1 Å². The lowest BCUT2D eigenvalue weighted by Gasteiger charge is -2.31. The molecule has 2 rings (SSSR count). The molecule has 0 fully saturated rings. The van der Waals surface area contributed by atoms with E-state index in [-0.39, 0.29) is 30.6 Å². The fourth-order valence-corrected chi connectivity index (χ4v) is 3.03. The van der Waals surface area contributed by atoms with Crippen LogP contribution in [0.1, 0.15) is 49.9 Å². The predicted octanol–water partition coefficient (Wildman–Crippen LogP) is 4.32. The first-order valence-corrected chi connectivity index (χ1v) is 9.88. The maximum Gasteiger partial charge on any atom is 0.242 e. The lowest BCUT2D eigenvalue weighted by molar-refractivity contribution is -0.140. The van der Waals surface area contributed by atoms with Crippen LogP contribution in [-0.2, 0) is 22.6 Å². The summed E-state index contributed by atoms with van der Waals surface area (Å²) in [5.74, 6) is -0.692. The van der Waals surface area contributed by atoms with Gasteiger partial charge in [0.15, 0.2) is 0 Å². The van der Waals surface area contributed by atoms with Crippen molar-refractivity contribution in [1.29, 1.82) is 0 Å². The summed E-state index contributed by atoms with van der Waals surface area (Å²) in [6.07, 6.45) is 0.204. The van der Waals surface area contributed by atoms with Crippen LogP contribution in [0.3, 0.4) is 0 Å². The second kappa shape index (κ2) is 9.21. The molecule has 0 bridgehead atoms. The van der Waals surface area contributed by atoms with Gasteiger partial charge in [-0.05, 0) is 75.9 Å². The average Bonchev–Trinajstić information content (AvgIpc) is 2.62. The van der Waals surface area contributed by atoms with E-state index in [4.69, 9.17) is 0 Å². The van der Waals surface area contributed by atoms with Gasteiger partial charge < -0.3 is 10.2 Å². The number of rotatable bonds is 6. The van der Waals surface area contributed by atoms with Crippen LogP contribution < -0.4 is 5.32 Å². The highest BCUT2D eigenvalue weighted by Crippen LogP contribution is 2.16. The fraction of sp³-hybridized carbons (Fsp3) is 0.417. The minimum Gasteiger partial charge on any atom is -0.350 e. The molecule has 5 heteroatoms. The van der Waals surface area contributed by atoms with Crippen LogP contribution in [0.5, 0.6) is 0 Å². The molecule has 1 N–H and O–H groups in total. The molecule has 0 aromatic heterocycles. The van der Waals surface area contributed by atoms with Crippen molar-refractivity contribution in [2.24, 2.45) is 0 Å². The smallest absolute Gasteiger partial charge is 0.242 e. The Balaban J connectivity index is 2.26. The zero-order valence-corrected chi connectivity index (χ0v) is 18.2. The van der Waals surface area contributed by atoms with Crippen molar-refractivity contribution in [3.63, 3.8) is 0 Å². The Labute approximate surface area is 173 Å². The van der Waals surface area contributed by atoms with Crippen LogP contribution in [0.4, 0.5) is 4.39 Å². The predicted molar refractivity (Wildman–Crippen MR) is 114 cm³/mol. The summed E-state index contributed by atoms with van der Waals surface area (Å²) in [7, 11) is 0. The number of halogens is 1. The lowest BCUT2D eigenvalue weighted by atomic mass is 10.0. The van der Waals surface area contributed by atoms with Crippen molar-refractivity contribution in [1.82, 2.24) is 10.2 Å². The van der Waals surface area contributed by atoms with Crippen molar-refractivity contribution in [2.45, 2.75) is 66.1 Å². The van der Waals surface area contributed by atoms with Gasteiger partial charge in [0.1, 0.15) is 11.9 Å². The van der Waals surface area contributed by atoms with E-state index in [9.17, 15) is 14.0 Å². The van der Waals surface area contributed by atoms with Gasteiger partial charge in [-0.15, -0.1) is 0 Å². The maximum atomic E-state index is 13.3. The molecule has 0 spiro atoms. The fourth-order valence-electron chi connectivity index (χ4n) is 3.03. The molecule has 0 aliphatic heterocycles. The van der Waals surface area contributed by atoms with Gasteiger partial charge in [0.2, 0.25) is 11.8 Å². The number of nitrogens with zero attached hydrogens (tertiary/aromatic N) is 1. The largest absolute Gasteiger partial charge is 0.350 e. The monoisotopic (exact) mass is 398 g/mol. The highest BCUT2D eigenvalue weighted by Gasteiger charge is 2.28. The topological polar surface area (TPSA) is 49.4 Å². The molecule has 1 atom stereocenters. The molecule has 156 valence electrons. The van der Waals surface area contributed by atoms with Crippen LogP contribution in [0.15, 0.2) is 42.5 Å². The van der Waals surface area contributed by atoms with E-state index >= 15 is 0 Å². The van der Waals surface area contributed by atoms with Crippen molar-refractivity contribution in [2.75, 3.05) is 0 Å². The van der Waals surface area contributed by atoms with Crippen LogP contribution in [0.2, 0.25) is 0 Å². The molecule has 0 heterocycles. The number of hydrogen-bond donors (Lipinski definition) is 1. The number of nitrogens with one attached hydrogen (secondary N) is 1. The number of benzene rings is 2. The first kappa shape index (κ1) is 22.6. The van der Waals surface area contributed by atoms with Gasteiger partial charge in [-0.25, -0.2) is 4.39 Å². The lowest BCUT2D eigenvalue weighted by Crippen LogP contribution is -2.52. The van der Waals surface area contributed by atoms with Crippen molar-refractivity contribution in [3.8, 4) is 0 Å². The Bertz CT molecular complexity index is 869. The average molecular weight is 399 g/mol. The number of amides is 2. The van der Waals surface area contributed by atoms with E-state index in [1.807, 2.05) is 52.8 Å². The Morgan fingerprint density at radius 2 is 1.59 bits per heavy atom. The minimum atomic E-state index is -0.654. The first-order chi connectivity index (χ1) is 13.5. The van der Waals surface area contributed by atoms with Gasteiger partial charge in [-0.3, -0.25) is 9.59 Å². The Kier molecular flexibility index (Phi) is 7.17. The van der Waals surface area contributed by atoms with E-state index in [2.05, 4.69) is 5.32 Å². The summed E-state index contributed by atoms with van der Waals surface area (Å²) in [5, 5.41) is 2.94. The zero-order valence-electron chi connectivity index (χ0n) is 18.2. The van der Waals surface area contributed by atoms with Gasteiger partial charge in [0.05, 0.1) is 6.42 Å². The molecular weight excluding hydrogens is 367 g/mol. The van der Waals surface area contributed by atoms with Crippen LogP contribution in [0.25, 0.3) is 0 Å². The number of carbonyl (C=O) groups excluding carboxylic acids is 2. The molecule has 4 nitrogen and oxygen atoms in total. The maximum absolute atomic E-state index is 13.3. The molecule has 0 aliphatic rings. The number of aryl methyl sites for hydroxylation is 2. The molecule has 0 saturated carbocycles. The van der Waals surface area contributed by atoms with Crippen molar-refractivity contribution < 1.29 is 14.0 Å². The van der Waals surface area contributed by atoms with Gasteiger partial charge in [0.25, 0.3) is 0 Å². The Hall–Kier alpha value is -2.69. The quantitative estimate of drug-likeness (QED) is 0.788. The molecule has 2 amide bonds. The Morgan fingerprint density at radius 1 is 1.00 bits per heavy atom. The first-order valence-electron chi connectivity index (χ1n) is 9.88. The molecule has 0 aliphatic carbocycles. The van der Waals surface area contributed by atoms with Gasteiger partial charge in [-0.1, -0.05) is 30.3 Å². The molecule has 2 aromatic carbocycles. The Morgan fingerprint density at radius 3 is 2.14 bits per heavy atom. The third kappa shape index (κ3) is 6.70. The van der Waals surface area contributed by atoms with E-state index in [1.54, 1.807) is 24.0 Å². The summed E-state index contributed by atoms with van der Waals surface area (Å²) >= 11 is 0. The number of carbonyl (C=O) groups is 2. The van der Waals surface area contributed by atoms with Crippen molar-refractivity contribution in [3.05, 3.63) is 70.5 Å². The van der Waals surface area contributed by atoms with Gasteiger partial charge in [-0.2, -0.15) is 0 Å². The summed E-state index contributed by atoms with van der Waals surface area (Å²) in [5.41, 5.74) is 3.58. The van der Waals surface area contributed by atoms with Gasteiger partial charge >= 0.3 is 0 Å². The standard InChI is InChI=1S/C24H31FN2O2/c1-16-7-8-20(13-17(16)2)14-22(28)27(15-19-9-11-21(25)12-10-19)18(3)23(29)26-24(4,5)6/h7-13,18H,14-15H2,1-6H3,(H,26,29)/t18-/m1/s1. The van der Waals surface area contributed by atoms with Crippen LogP contribution >= 0.6 is 0 Å². The zero-order chi connectivity index (χ0) is 21.8. The minimum absolute atomic E-state index is 0.144. The van der Waals surface area contributed by atoms with E-state index in [1.165, 1.54) is 17.7 Å². The summed E-state index contributed by atoms with van der Waals surface area (Å²) in [6, 6.07) is 11.3. The molecule has 0 saturated heterocycles. The third-order valence-electron chi connectivity index (χ3n) is 4.86. The van der Waals surface area contributed by atoms with Crippen LogP contribution in [0, 0.1) is 19.7 Å². The SMILES string of the molecule is Cc1ccc(CC(=O)N(Cc2ccc(F)cc2)[C@H](C)C(=O)NC(C)(C)C)cc1C. The molecule has 0 radical (unpaired) electrons. The number of hydrogen-bond acceptors (Lipinski definition) is 2. The molecular formula is C24H31FN2O2.